The summed E-state index contributed by atoms with van der Waals surface area (Å²) < 4.78 is 11.9. The first kappa shape index (κ1) is 21.1. The molecular formula is C24H26N2O6. The van der Waals surface area contributed by atoms with Gasteiger partial charge in [-0.15, -0.1) is 0 Å². The third-order valence-corrected chi connectivity index (χ3v) is 6.37. The molecule has 3 atom stereocenters. The van der Waals surface area contributed by atoms with Crippen LogP contribution >= 0.6 is 0 Å². The lowest BCUT2D eigenvalue weighted by atomic mass is 9.92. The maximum atomic E-state index is 13.0. The van der Waals surface area contributed by atoms with Gasteiger partial charge in [0.15, 0.2) is 0 Å². The van der Waals surface area contributed by atoms with Gasteiger partial charge in [-0.3, -0.25) is 19.8 Å². The SMILES string of the molecule is O=C1c2ccc(OC3CC(OCc4ccccc4)C3)cc2C(=O)N1C1CCC(O)NC1O. The molecule has 0 bridgehead atoms. The van der Waals surface area contributed by atoms with E-state index in [4.69, 9.17) is 9.47 Å². The Morgan fingerprint density at radius 2 is 1.69 bits per heavy atom. The minimum Gasteiger partial charge on any atom is -0.490 e. The fourth-order valence-electron chi connectivity index (χ4n) is 4.49. The number of carbonyl (C=O) groups is 2. The smallest absolute Gasteiger partial charge is 0.262 e. The summed E-state index contributed by atoms with van der Waals surface area (Å²) in [5, 5.41) is 22.4. The molecule has 0 aromatic heterocycles. The molecule has 2 aliphatic heterocycles. The van der Waals surface area contributed by atoms with Gasteiger partial charge in [0, 0.05) is 12.8 Å². The molecule has 0 radical (unpaired) electrons. The zero-order valence-corrected chi connectivity index (χ0v) is 17.5. The van der Waals surface area contributed by atoms with E-state index in [9.17, 15) is 19.8 Å². The molecule has 2 aromatic rings. The molecule has 2 aromatic carbocycles. The number of amides is 2. The minimum absolute atomic E-state index is 0.00277. The van der Waals surface area contributed by atoms with Crippen molar-refractivity contribution in [1.82, 2.24) is 10.2 Å². The molecule has 2 amide bonds. The second kappa shape index (κ2) is 8.63. The zero-order valence-electron chi connectivity index (χ0n) is 17.5. The lowest BCUT2D eigenvalue weighted by Crippen LogP contribution is -2.58. The molecule has 168 valence electrons. The highest BCUT2D eigenvalue weighted by Gasteiger charge is 2.44. The van der Waals surface area contributed by atoms with Crippen LogP contribution < -0.4 is 10.1 Å². The number of imide groups is 1. The van der Waals surface area contributed by atoms with Crippen molar-refractivity contribution in [2.45, 2.75) is 63.0 Å². The van der Waals surface area contributed by atoms with E-state index in [0.29, 0.717) is 30.8 Å². The van der Waals surface area contributed by atoms with Crippen LogP contribution in [0.5, 0.6) is 5.75 Å². The monoisotopic (exact) mass is 438 g/mol. The van der Waals surface area contributed by atoms with Crippen LogP contribution in [0.4, 0.5) is 0 Å². The van der Waals surface area contributed by atoms with Gasteiger partial charge in [0.25, 0.3) is 11.8 Å². The molecule has 2 fully saturated rings. The number of nitrogens with zero attached hydrogens (tertiary/aromatic N) is 1. The summed E-state index contributed by atoms with van der Waals surface area (Å²) in [5.41, 5.74) is 1.72. The molecule has 1 saturated heterocycles. The fraction of sp³-hybridized carbons (Fsp3) is 0.417. The Morgan fingerprint density at radius 3 is 2.44 bits per heavy atom. The Bertz CT molecular complexity index is 1010. The van der Waals surface area contributed by atoms with Crippen LogP contribution in [0.15, 0.2) is 48.5 Å². The number of hydrogen-bond acceptors (Lipinski definition) is 7. The number of aliphatic hydroxyl groups is 2. The summed E-state index contributed by atoms with van der Waals surface area (Å²) in [6, 6.07) is 14.2. The quantitative estimate of drug-likeness (QED) is 0.590. The van der Waals surface area contributed by atoms with Crippen molar-refractivity contribution in [2.24, 2.45) is 0 Å². The van der Waals surface area contributed by atoms with Crippen molar-refractivity contribution in [3.8, 4) is 5.75 Å². The van der Waals surface area contributed by atoms with Gasteiger partial charge in [-0.1, -0.05) is 30.3 Å². The highest BCUT2D eigenvalue weighted by atomic mass is 16.5. The molecule has 5 rings (SSSR count). The largest absolute Gasteiger partial charge is 0.490 e. The number of fused-ring (bicyclic) bond motifs is 1. The summed E-state index contributed by atoms with van der Waals surface area (Å²) in [7, 11) is 0. The molecule has 3 unspecified atom stereocenters. The second-order valence-electron chi connectivity index (χ2n) is 8.59. The summed E-state index contributed by atoms with van der Waals surface area (Å²) in [4.78, 5) is 26.9. The summed E-state index contributed by atoms with van der Waals surface area (Å²) >= 11 is 0. The van der Waals surface area contributed by atoms with Crippen molar-refractivity contribution in [2.75, 3.05) is 0 Å². The maximum absolute atomic E-state index is 13.0. The Labute approximate surface area is 185 Å². The number of ether oxygens (including phenoxy) is 2. The number of hydrogen-bond donors (Lipinski definition) is 3. The highest BCUT2D eigenvalue weighted by molar-refractivity contribution is 6.21. The van der Waals surface area contributed by atoms with Crippen LogP contribution in [0.1, 0.15) is 52.0 Å². The number of piperidine rings is 1. The maximum Gasteiger partial charge on any atom is 0.262 e. The lowest BCUT2D eigenvalue weighted by molar-refractivity contribution is -0.0683. The van der Waals surface area contributed by atoms with E-state index < -0.39 is 30.3 Å². The van der Waals surface area contributed by atoms with Gasteiger partial charge in [0.1, 0.15) is 24.3 Å². The third-order valence-electron chi connectivity index (χ3n) is 6.37. The van der Waals surface area contributed by atoms with Gasteiger partial charge in [-0.25, -0.2) is 0 Å². The van der Waals surface area contributed by atoms with Crippen LogP contribution in [0, 0.1) is 0 Å². The number of aliphatic hydroxyl groups excluding tert-OH is 2. The standard InChI is InChI=1S/C24H26N2O6/c27-21-9-8-20(22(28)25-21)26-23(29)18-7-6-15(12-19(18)24(26)30)32-17-10-16(11-17)31-13-14-4-2-1-3-5-14/h1-7,12,16-17,20-22,25,27-28H,8-11,13H2. The molecule has 32 heavy (non-hydrogen) atoms. The lowest BCUT2D eigenvalue weighted by Gasteiger charge is -2.36. The van der Waals surface area contributed by atoms with E-state index in [0.717, 1.165) is 23.3 Å². The average molecular weight is 438 g/mol. The van der Waals surface area contributed by atoms with Crippen LogP contribution in [0.25, 0.3) is 0 Å². The van der Waals surface area contributed by atoms with Crippen molar-refractivity contribution < 1.29 is 29.3 Å². The normalized spacial score (nSPS) is 29.6. The topological polar surface area (TPSA) is 108 Å². The van der Waals surface area contributed by atoms with E-state index in [1.165, 1.54) is 0 Å². The fourth-order valence-corrected chi connectivity index (χ4v) is 4.49. The van der Waals surface area contributed by atoms with Crippen molar-refractivity contribution in [3.63, 3.8) is 0 Å². The van der Waals surface area contributed by atoms with Crippen LogP contribution in [-0.2, 0) is 11.3 Å². The van der Waals surface area contributed by atoms with Gasteiger partial charge in [-0.2, -0.15) is 0 Å². The Hall–Kier alpha value is -2.78. The minimum atomic E-state index is -1.17. The van der Waals surface area contributed by atoms with Gasteiger partial charge < -0.3 is 19.7 Å². The summed E-state index contributed by atoms with van der Waals surface area (Å²) in [6.45, 7) is 0.572. The van der Waals surface area contributed by atoms with E-state index >= 15 is 0 Å². The summed E-state index contributed by atoms with van der Waals surface area (Å²) in [5.74, 6) is -0.344. The average Bonchev–Trinajstić information content (AvgIpc) is 3.00. The first-order chi connectivity index (χ1) is 15.5. The van der Waals surface area contributed by atoms with E-state index in [2.05, 4.69) is 5.32 Å². The second-order valence-corrected chi connectivity index (χ2v) is 8.59. The van der Waals surface area contributed by atoms with Gasteiger partial charge >= 0.3 is 0 Å². The number of benzene rings is 2. The summed E-state index contributed by atoms with van der Waals surface area (Å²) in [6.07, 6.45) is 0.344. The van der Waals surface area contributed by atoms with Crippen LogP contribution in [0.3, 0.4) is 0 Å². The number of nitrogens with one attached hydrogen (secondary N) is 1. The molecule has 0 spiro atoms. The van der Waals surface area contributed by atoms with Gasteiger partial charge in [0.05, 0.1) is 29.9 Å². The Balaban J connectivity index is 1.18. The predicted octanol–water partition coefficient (Wildman–Crippen LogP) is 1.80. The molecule has 3 N–H and O–H groups in total. The number of rotatable bonds is 6. The van der Waals surface area contributed by atoms with Crippen molar-refractivity contribution in [3.05, 3.63) is 65.2 Å². The van der Waals surface area contributed by atoms with E-state index in [-0.39, 0.29) is 17.8 Å². The molecule has 8 heteroatoms. The predicted molar refractivity (Wildman–Crippen MR) is 114 cm³/mol. The van der Waals surface area contributed by atoms with Crippen molar-refractivity contribution >= 4 is 11.8 Å². The molecular weight excluding hydrogens is 412 g/mol. The van der Waals surface area contributed by atoms with E-state index in [1.807, 2.05) is 30.3 Å². The molecule has 3 aliphatic rings. The Kier molecular flexibility index (Phi) is 5.69. The highest BCUT2D eigenvalue weighted by Crippen LogP contribution is 2.34. The van der Waals surface area contributed by atoms with E-state index in [1.54, 1.807) is 18.2 Å². The first-order valence-electron chi connectivity index (χ1n) is 11.0. The van der Waals surface area contributed by atoms with Gasteiger partial charge in [0.2, 0.25) is 0 Å². The third kappa shape index (κ3) is 4.02. The molecule has 2 heterocycles. The first-order valence-corrected chi connectivity index (χ1v) is 11.0. The molecule has 1 aliphatic carbocycles. The van der Waals surface area contributed by atoms with Crippen LogP contribution in [-0.4, -0.2) is 57.6 Å². The number of carbonyl (C=O) groups excluding carboxylic acids is 2. The zero-order chi connectivity index (χ0) is 22.2. The Morgan fingerprint density at radius 1 is 0.938 bits per heavy atom. The van der Waals surface area contributed by atoms with Crippen molar-refractivity contribution in [1.29, 1.82) is 0 Å². The van der Waals surface area contributed by atoms with Gasteiger partial charge in [-0.05, 0) is 36.6 Å². The molecule has 8 nitrogen and oxygen atoms in total. The molecule has 1 saturated carbocycles. The van der Waals surface area contributed by atoms with Crippen LogP contribution in [0.2, 0.25) is 0 Å².